The average molecular weight is 321 g/mol. The molecule has 1 fully saturated rings. The Kier molecular flexibility index (Phi) is 4.21. The Balaban J connectivity index is 2.06. The number of hydrogen-bond donors (Lipinski definition) is 1. The molecule has 1 aliphatic heterocycles. The van der Waals surface area contributed by atoms with Crippen LogP contribution < -0.4 is 10.9 Å². The van der Waals surface area contributed by atoms with Crippen LogP contribution in [0.5, 0.6) is 0 Å². The molecule has 2 aromatic rings. The maximum atomic E-state index is 12.6. The molecule has 0 unspecified atom stereocenters. The number of rotatable bonds is 2. The van der Waals surface area contributed by atoms with E-state index in [9.17, 15) is 4.79 Å². The highest BCUT2D eigenvalue weighted by Gasteiger charge is 2.24. The van der Waals surface area contributed by atoms with Crippen LogP contribution in [0.3, 0.4) is 0 Å². The van der Waals surface area contributed by atoms with Crippen molar-refractivity contribution in [1.29, 1.82) is 0 Å². The molecule has 6 heteroatoms. The van der Waals surface area contributed by atoms with Gasteiger partial charge >= 0.3 is 0 Å². The van der Waals surface area contributed by atoms with Crippen molar-refractivity contribution < 1.29 is 0 Å². The van der Waals surface area contributed by atoms with E-state index in [0.29, 0.717) is 22.0 Å². The van der Waals surface area contributed by atoms with E-state index in [-0.39, 0.29) is 11.6 Å². The van der Waals surface area contributed by atoms with Gasteiger partial charge in [-0.2, -0.15) is 0 Å². The normalized spacial score (nSPS) is 21.2. The lowest BCUT2D eigenvalue weighted by Crippen LogP contribution is -2.50. The van der Waals surface area contributed by atoms with Crippen molar-refractivity contribution in [2.75, 3.05) is 19.6 Å². The lowest BCUT2D eigenvalue weighted by molar-refractivity contribution is 0.150. The van der Waals surface area contributed by atoms with Crippen LogP contribution in [0.25, 0.3) is 10.9 Å². The highest BCUT2D eigenvalue weighted by molar-refractivity contribution is 6.31. The Labute approximate surface area is 134 Å². The molecule has 2 atom stereocenters. The molecule has 22 heavy (non-hydrogen) atoms. The van der Waals surface area contributed by atoms with Crippen molar-refractivity contribution in [2.45, 2.75) is 25.9 Å². The van der Waals surface area contributed by atoms with Gasteiger partial charge in [-0.1, -0.05) is 11.6 Å². The van der Waals surface area contributed by atoms with Crippen molar-refractivity contribution in [3.05, 3.63) is 39.4 Å². The minimum absolute atomic E-state index is 0.0216. The predicted molar refractivity (Wildman–Crippen MR) is 89.4 cm³/mol. The molecule has 1 aliphatic rings. The third-order valence-corrected chi connectivity index (χ3v) is 4.63. The lowest BCUT2D eigenvalue weighted by Gasteiger charge is -2.36. The molecular formula is C16H21ClN4O. The van der Waals surface area contributed by atoms with Crippen molar-refractivity contribution in [2.24, 2.45) is 7.05 Å². The SMILES string of the molecule is C[C@@H]1CN([C@@H](C)c2nc3cc(Cl)ccc3c(=O)n2C)CCN1. The summed E-state index contributed by atoms with van der Waals surface area (Å²) in [7, 11) is 1.79. The largest absolute Gasteiger partial charge is 0.312 e. The first-order valence-corrected chi connectivity index (χ1v) is 7.99. The van der Waals surface area contributed by atoms with Crippen molar-refractivity contribution in [3.63, 3.8) is 0 Å². The Bertz CT molecular complexity index is 758. The van der Waals surface area contributed by atoms with Crippen LogP contribution in [-0.2, 0) is 7.05 Å². The Morgan fingerprint density at radius 1 is 1.45 bits per heavy atom. The van der Waals surface area contributed by atoms with Gasteiger partial charge in [-0.05, 0) is 32.0 Å². The second kappa shape index (κ2) is 5.99. The molecule has 118 valence electrons. The summed E-state index contributed by atoms with van der Waals surface area (Å²) in [5, 5.41) is 4.64. The maximum absolute atomic E-state index is 12.6. The fourth-order valence-electron chi connectivity index (χ4n) is 3.11. The summed E-state index contributed by atoms with van der Waals surface area (Å²) >= 11 is 6.04. The van der Waals surface area contributed by atoms with Crippen LogP contribution in [0, 0.1) is 0 Å². The number of fused-ring (bicyclic) bond motifs is 1. The van der Waals surface area contributed by atoms with E-state index in [2.05, 4.69) is 24.1 Å². The van der Waals surface area contributed by atoms with Crippen LogP contribution in [0.2, 0.25) is 5.02 Å². The molecule has 3 rings (SSSR count). The standard InChI is InChI=1S/C16H21ClN4O/c1-10-9-21(7-6-18-10)11(2)15-19-14-8-12(17)4-5-13(14)16(22)20(15)3/h4-5,8,10-11,18H,6-7,9H2,1-3H3/t10-,11+/m1/s1. The molecule has 0 aliphatic carbocycles. The number of nitrogens with zero attached hydrogens (tertiary/aromatic N) is 3. The van der Waals surface area contributed by atoms with E-state index >= 15 is 0 Å². The molecule has 1 N–H and O–H groups in total. The number of hydrogen-bond acceptors (Lipinski definition) is 4. The summed E-state index contributed by atoms with van der Waals surface area (Å²) in [6.45, 7) is 7.14. The quantitative estimate of drug-likeness (QED) is 0.919. The maximum Gasteiger partial charge on any atom is 0.261 e. The van der Waals surface area contributed by atoms with Crippen molar-refractivity contribution >= 4 is 22.5 Å². The van der Waals surface area contributed by atoms with Gasteiger partial charge in [-0.25, -0.2) is 4.98 Å². The molecule has 0 radical (unpaired) electrons. The molecule has 0 bridgehead atoms. The Hall–Kier alpha value is -1.43. The highest BCUT2D eigenvalue weighted by Crippen LogP contribution is 2.22. The van der Waals surface area contributed by atoms with E-state index < -0.39 is 0 Å². The summed E-state index contributed by atoms with van der Waals surface area (Å²) in [5.74, 6) is 0.786. The first-order valence-electron chi connectivity index (χ1n) is 7.61. The summed E-state index contributed by atoms with van der Waals surface area (Å²) < 4.78 is 1.66. The van der Waals surface area contributed by atoms with E-state index in [1.54, 1.807) is 29.8 Å². The van der Waals surface area contributed by atoms with Crippen LogP contribution in [0.4, 0.5) is 0 Å². The summed E-state index contributed by atoms with van der Waals surface area (Å²) in [6.07, 6.45) is 0. The molecule has 0 spiro atoms. The minimum Gasteiger partial charge on any atom is -0.312 e. The molecule has 0 amide bonds. The van der Waals surface area contributed by atoms with E-state index in [1.807, 2.05) is 0 Å². The highest BCUT2D eigenvalue weighted by atomic mass is 35.5. The van der Waals surface area contributed by atoms with Gasteiger partial charge in [0.05, 0.1) is 16.9 Å². The Morgan fingerprint density at radius 3 is 2.95 bits per heavy atom. The van der Waals surface area contributed by atoms with E-state index in [4.69, 9.17) is 16.6 Å². The molecule has 1 saturated heterocycles. The minimum atomic E-state index is -0.0216. The summed E-state index contributed by atoms with van der Waals surface area (Å²) in [6, 6.07) is 5.77. The lowest BCUT2D eigenvalue weighted by atomic mass is 10.1. The zero-order valence-electron chi connectivity index (χ0n) is 13.1. The number of nitrogens with one attached hydrogen (secondary N) is 1. The predicted octanol–water partition coefficient (Wildman–Crippen LogP) is 1.94. The number of halogens is 1. The second-order valence-electron chi connectivity index (χ2n) is 6.02. The fraction of sp³-hybridized carbons (Fsp3) is 0.500. The van der Waals surface area contributed by atoms with Gasteiger partial charge in [0, 0.05) is 37.7 Å². The van der Waals surface area contributed by atoms with E-state index in [0.717, 1.165) is 25.5 Å². The van der Waals surface area contributed by atoms with Gasteiger partial charge in [-0.15, -0.1) is 0 Å². The van der Waals surface area contributed by atoms with Crippen LogP contribution >= 0.6 is 11.6 Å². The molecule has 2 heterocycles. The smallest absolute Gasteiger partial charge is 0.261 e. The second-order valence-corrected chi connectivity index (χ2v) is 6.46. The topological polar surface area (TPSA) is 50.2 Å². The summed E-state index contributed by atoms with van der Waals surface area (Å²) in [5.41, 5.74) is 0.646. The van der Waals surface area contributed by atoms with Crippen LogP contribution in [0.1, 0.15) is 25.7 Å². The van der Waals surface area contributed by atoms with Gasteiger partial charge in [0.15, 0.2) is 0 Å². The number of piperazine rings is 1. The monoisotopic (exact) mass is 320 g/mol. The Morgan fingerprint density at radius 2 is 2.23 bits per heavy atom. The zero-order valence-corrected chi connectivity index (χ0v) is 13.9. The van der Waals surface area contributed by atoms with Gasteiger partial charge in [0.2, 0.25) is 0 Å². The van der Waals surface area contributed by atoms with E-state index in [1.165, 1.54) is 0 Å². The third kappa shape index (κ3) is 2.76. The zero-order chi connectivity index (χ0) is 15.9. The van der Waals surface area contributed by atoms with Crippen LogP contribution in [-0.4, -0.2) is 40.1 Å². The first-order chi connectivity index (χ1) is 10.5. The molecule has 1 aromatic carbocycles. The first kappa shape index (κ1) is 15.5. The number of aromatic nitrogens is 2. The van der Waals surface area contributed by atoms with Gasteiger partial charge in [0.25, 0.3) is 5.56 Å². The number of benzene rings is 1. The summed E-state index contributed by atoms with van der Waals surface area (Å²) in [4.78, 5) is 19.6. The molecule has 5 nitrogen and oxygen atoms in total. The van der Waals surface area contributed by atoms with Gasteiger partial charge in [-0.3, -0.25) is 14.3 Å². The molecule has 0 saturated carbocycles. The molecular weight excluding hydrogens is 300 g/mol. The van der Waals surface area contributed by atoms with Crippen molar-refractivity contribution in [3.8, 4) is 0 Å². The van der Waals surface area contributed by atoms with Gasteiger partial charge in [0.1, 0.15) is 5.82 Å². The van der Waals surface area contributed by atoms with Gasteiger partial charge < -0.3 is 5.32 Å². The fourth-order valence-corrected chi connectivity index (χ4v) is 3.28. The third-order valence-electron chi connectivity index (χ3n) is 4.40. The molecule has 1 aromatic heterocycles. The van der Waals surface area contributed by atoms with Crippen LogP contribution in [0.15, 0.2) is 23.0 Å². The average Bonchev–Trinajstić information content (AvgIpc) is 2.50. The van der Waals surface area contributed by atoms with Crippen molar-refractivity contribution in [1.82, 2.24) is 19.8 Å².